The van der Waals surface area contributed by atoms with Gasteiger partial charge in [0.15, 0.2) is 9.84 Å². The highest BCUT2D eigenvalue weighted by molar-refractivity contribution is 7.95. The van der Waals surface area contributed by atoms with Gasteiger partial charge in [-0.3, -0.25) is 0 Å². The van der Waals surface area contributed by atoms with Crippen molar-refractivity contribution in [2.45, 2.75) is 12.7 Å². The number of nitrogens with zero attached hydrogens (tertiary/aromatic N) is 1. The highest BCUT2D eigenvalue weighted by Gasteiger charge is 2.18. The summed E-state index contributed by atoms with van der Waals surface area (Å²) in [6.07, 6.45) is 1.25. The average molecular weight is 350 g/mol. The Kier molecular flexibility index (Phi) is 5.19. The van der Waals surface area contributed by atoms with Crippen molar-refractivity contribution in [2.24, 2.45) is 0 Å². The molecule has 0 spiro atoms. The van der Waals surface area contributed by atoms with Gasteiger partial charge in [-0.2, -0.15) is 5.26 Å². The lowest BCUT2D eigenvalue weighted by molar-refractivity contribution is 0.602. The van der Waals surface area contributed by atoms with Gasteiger partial charge in [-0.1, -0.05) is 29.8 Å². The summed E-state index contributed by atoms with van der Waals surface area (Å²) in [6.45, 7) is 1.57. The summed E-state index contributed by atoms with van der Waals surface area (Å²) in [5.41, 5.74) is 1.37. The van der Waals surface area contributed by atoms with Crippen LogP contribution >= 0.6 is 11.6 Å². The van der Waals surface area contributed by atoms with Gasteiger partial charge in [0.1, 0.15) is 16.8 Å². The predicted molar refractivity (Wildman–Crippen MR) is 88.8 cm³/mol. The fraction of sp³-hybridized carbons (Fsp3) is 0.118. The Morgan fingerprint density at radius 2 is 1.91 bits per heavy atom. The Morgan fingerprint density at radius 1 is 1.26 bits per heavy atom. The topological polar surface area (TPSA) is 57.9 Å². The van der Waals surface area contributed by atoms with Crippen LogP contribution < -0.4 is 0 Å². The van der Waals surface area contributed by atoms with E-state index in [1.165, 1.54) is 24.3 Å². The Hall–Kier alpha value is -2.16. The number of halogens is 2. The smallest absolute Gasteiger partial charge is 0.192 e. The highest BCUT2D eigenvalue weighted by atomic mass is 35.5. The standard InChI is InChI=1S/C17H13ClFNO2S/c1-12-8-14(4-7-17(12)19)9-16(10-20)23(21,22)11-13-2-5-15(18)6-3-13/h2-9H,11H2,1H3. The molecule has 0 fully saturated rings. The van der Waals surface area contributed by atoms with E-state index < -0.39 is 9.84 Å². The maximum atomic E-state index is 13.3. The molecule has 0 aliphatic carbocycles. The summed E-state index contributed by atoms with van der Waals surface area (Å²) < 4.78 is 38.0. The van der Waals surface area contributed by atoms with Crippen molar-refractivity contribution in [3.05, 3.63) is 74.9 Å². The lowest BCUT2D eigenvalue weighted by Crippen LogP contribution is -2.06. The number of allylic oxidation sites excluding steroid dienone is 1. The number of sulfone groups is 1. The van der Waals surface area contributed by atoms with Gasteiger partial charge in [-0.15, -0.1) is 0 Å². The second-order valence-corrected chi connectivity index (χ2v) is 7.41. The van der Waals surface area contributed by atoms with Gasteiger partial charge < -0.3 is 0 Å². The van der Waals surface area contributed by atoms with Crippen LogP contribution in [0.4, 0.5) is 4.39 Å². The molecule has 2 aromatic carbocycles. The zero-order valence-electron chi connectivity index (χ0n) is 12.3. The molecule has 0 aromatic heterocycles. The third kappa shape index (κ3) is 4.41. The van der Waals surface area contributed by atoms with Gasteiger partial charge in [0.25, 0.3) is 0 Å². The largest absolute Gasteiger partial charge is 0.223 e. The molecule has 0 heterocycles. The second-order valence-electron chi connectivity index (χ2n) is 5.01. The lowest BCUT2D eigenvalue weighted by atomic mass is 10.1. The first-order chi connectivity index (χ1) is 10.8. The molecule has 23 heavy (non-hydrogen) atoms. The van der Waals surface area contributed by atoms with Crippen LogP contribution in [0.2, 0.25) is 5.02 Å². The SMILES string of the molecule is Cc1cc(C=C(C#N)S(=O)(=O)Cc2ccc(Cl)cc2)ccc1F. The maximum Gasteiger partial charge on any atom is 0.192 e. The van der Waals surface area contributed by atoms with Crippen molar-refractivity contribution < 1.29 is 12.8 Å². The first-order valence-electron chi connectivity index (χ1n) is 6.67. The Bertz CT molecular complexity index is 897. The number of hydrogen-bond donors (Lipinski definition) is 0. The van der Waals surface area contributed by atoms with E-state index in [0.29, 0.717) is 21.7 Å². The quantitative estimate of drug-likeness (QED) is 0.774. The van der Waals surface area contributed by atoms with Gasteiger partial charge >= 0.3 is 0 Å². The van der Waals surface area contributed by atoms with Crippen LogP contribution in [-0.2, 0) is 15.6 Å². The first-order valence-corrected chi connectivity index (χ1v) is 8.70. The van der Waals surface area contributed by atoms with E-state index in [-0.39, 0.29) is 16.5 Å². The Morgan fingerprint density at radius 3 is 2.48 bits per heavy atom. The molecule has 3 nitrogen and oxygen atoms in total. The van der Waals surface area contributed by atoms with Crippen molar-refractivity contribution in [3.63, 3.8) is 0 Å². The molecule has 2 rings (SSSR count). The monoisotopic (exact) mass is 349 g/mol. The third-order valence-electron chi connectivity index (χ3n) is 3.19. The van der Waals surface area contributed by atoms with Crippen molar-refractivity contribution in [1.82, 2.24) is 0 Å². The van der Waals surface area contributed by atoms with E-state index in [1.54, 1.807) is 37.3 Å². The van der Waals surface area contributed by atoms with E-state index >= 15 is 0 Å². The van der Waals surface area contributed by atoms with Crippen LogP contribution in [0.1, 0.15) is 16.7 Å². The van der Waals surface area contributed by atoms with Crippen LogP contribution in [-0.4, -0.2) is 8.42 Å². The molecule has 2 aromatic rings. The second kappa shape index (κ2) is 6.95. The van der Waals surface area contributed by atoms with Crippen molar-refractivity contribution in [3.8, 4) is 6.07 Å². The summed E-state index contributed by atoms with van der Waals surface area (Å²) in [7, 11) is -3.80. The maximum absolute atomic E-state index is 13.3. The molecular weight excluding hydrogens is 337 g/mol. The molecule has 6 heteroatoms. The van der Waals surface area contributed by atoms with Crippen LogP contribution in [0.25, 0.3) is 6.08 Å². The Labute approximate surface area is 139 Å². The van der Waals surface area contributed by atoms with Crippen LogP contribution in [0.3, 0.4) is 0 Å². The van der Waals surface area contributed by atoms with Crippen LogP contribution in [0, 0.1) is 24.1 Å². The average Bonchev–Trinajstić information content (AvgIpc) is 2.50. The number of hydrogen-bond acceptors (Lipinski definition) is 3. The highest BCUT2D eigenvalue weighted by Crippen LogP contribution is 2.20. The number of nitriles is 1. The molecule has 0 unspecified atom stereocenters. The molecular formula is C17H13ClFNO2S. The van der Waals surface area contributed by atoms with Crippen molar-refractivity contribution >= 4 is 27.5 Å². The van der Waals surface area contributed by atoms with Gasteiger partial charge in [0.05, 0.1) is 5.75 Å². The molecule has 0 saturated heterocycles. The minimum Gasteiger partial charge on any atom is -0.223 e. The number of benzene rings is 2. The molecule has 118 valence electrons. The van der Waals surface area contributed by atoms with E-state index in [2.05, 4.69) is 0 Å². The summed E-state index contributed by atoms with van der Waals surface area (Å²) in [6, 6.07) is 12.2. The lowest BCUT2D eigenvalue weighted by Gasteiger charge is -2.04. The zero-order chi connectivity index (χ0) is 17.0. The fourth-order valence-corrected chi connectivity index (χ4v) is 3.35. The summed E-state index contributed by atoms with van der Waals surface area (Å²) >= 11 is 5.76. The van der Waals surface area contributed by atoms with Crippen molar-refractivity contribution in [2.75, 3.05) is 0 Å². The molecule has 0 aliphatic heterocycles. The fourth-order valence-electron chi connectivity index (χ4n) is 1.98. The van der Waals surface area contributed by atoms with Gasteiger partial charge in [-0.05, 0) is 54.0 Å². The number of rotatable bonds is 4. The summed E-state index contributed by atoms with van der Waals surface area (Å²) in [5.74, 6) is -0.686. The summed E-state index contributed by atoms with van der Waals surface area (Å²) in [4.78, 5) is -0.363. The van der Waals surface area contributed by atoms with Crippen molar-refractivity contribution in [1.29, 1.82) is 5.26 Å². The van der Waals surface area contributed by atoms with Gasteiger partial charge in [0, 0.05) is 5.02 Å². The normalized spacial score (nSPS) is 12.0. The number of aryl methyl sites for hydroxylation is 1. The van der Waals surface area contributed by atoms with E-state index in [9.17, 15) is 18.1 Å². The predicted octanol–water partition coefficient (Wildman–Crippen LogP) is 4.27. The minimum atomic E-state index is -3.80. The Balaban J connectivity index is 2.34. The molecule has 0 atom stereocenters. The van der Waals surface area contributed by atoms with Gasteiger partial charge in [0.2, 0.25) is 0 Å². The van der Waals surface area contributed by atoms with E-state index in [4.69, 9.17) is 11.6 Å². The molecule has 0 N–H and O–H groups in total. The van der Waals surface area contributed by atoms with Gasteiger partial charge in [-0.25, -0.2) is 12.8 Å². The molecule has 0 aliphatic rings. The molecule has 0 saturated carbocycles. The zero-order valence-corrected chi connectivity index (χ0v) is 13.8. The van der Waals surface area contributed by atoms with E-state index in [0.717, 1.165) is 0 Å². The molecule has 0 radical (unpaired) electrons. The summed E-state index contributed by atoms with van der Waals surface area (Å²) in [5, 5.41) is 9.68. The van der Waals surface area contributed by atoms with Crippen LogP contribution in [0.5, 0.6) is 0 Å². The van der Waals surface area contributed by atoms with Crippen LogP contribution in [0.15, 0.2) is 47.4 Å². The third-order valence-corrected chi connectivity index (χ3v) is 5.04. The minimum absolute atomic E-state index is 0.302. The first kappa shape index (κ1) is 17.2. The van der Waals surface area contributed by atoms with E-state index in [1.807, 2.05) is 0 Å². The molecule has 0 bridgehead atoms. The molecule has 0 amide bonds.